The zero-order valence-corrected chi connectivity index (χ0v) is 23.7. The standard InChI is InChI=1S/C29H50O3Si/c1-19-13-15-28(3)21(17-19)18-25(32-33(6,7)8)27-23-11-10-22(20(2)9-12-26(30)31-5)29(23,4)16-14-24(27)28/h18-24,27H,9-17H2,1-8H3/t19-,20-,21?,22-,23?,24?,27?,28+,29-/m1/s1. The summed E-state index contributed by atoms with van der Waals surface area (Å²) >= 11 is 0. The minimum Gasteiger partial charge on any atom is -0.547 e. The molecule has 188 valence electrons. The number of carbonyl (C=O) groups is 1. The molecule has 0 N–H and O–H groups in total. The van der Waals surface area contributed by atoms with Gasteiger partial charge in [0.2, 0.25) is 8.32 Å². The second-order valence-corrected chi connectivity index (χ2v) is 18.3. The van der Waals surface area contributed by atoms with Crippen LogP contribution in [0.5, 0.6) is 0 Å². The fraction of sp³-hybridized carbons (Fsp3) is 0.897. The lowest BCUT2D eigenvalue weighted by atomic mass is 9.45. The van der Waals surface area contributed by atoms with Gasteiger partial charge in [0.15, 0.2) is 0 Å². The van der Waals surface area contributed by atoms with Gasteiger partial charge in [-0.25, -0.2) is 0 Å². The van der Waals surface area contributed by atoms with Crippen LogP contribution >= 0.6 is 0 Å². The molecule has 3 fully saturated rings. The Morgan fingerprint density at radius 2 is 1.76 bits per heavy atom. The first-order valence-corrected chi connectivity index (χ1v) is 17.3. The van der Waals surface area contributed by atoms with E-state index in [2.05, 4.69) is 53.4 Å². The molecular weight excluding hydrogens is 424 g/mol. The van der Waals surface area contributed by atoms with Crippen molar-refractivity contribution < 1.29 is 14.0 Å². The zero-order valence-electron chi connectivity index (χ0n) is 22.7. The highest BCUT2D eigenvalue weighted by molar-refractivity contribution is 6.70. The van der Waals surface area contributed by atoms with Crippen LogP contribution in [0.3, 0.4) is 0 Å². The third-order valence-electron chi connectivity index (χ3n) is 10.7. The van der Waals surface area contributed by atoms with E-state index < -0.39 is 8.32 Å². The Hall–Kier alpha value is -0.773. The Bertz CT molecular complexity index is 769. The van der Waals surface area contributed by atoms with E-state index in [1.807, 2.05) is 0 Å². The van der Waals surface area contributed by atoms with Crippen molar-refractivity contribution in [1.29, 1.82) is 0 Å². The van der Waals surface area contributed by atoms with Crippen LogP contribution in [0.2, 0.25) is 19.6 Å². The van der Waals surface area contributed by atoms with E-state index >= 15 is 0 Å². The van der Waals surface area contributed by atoms with Gasteiger partial charge in [-0.15, -0.1) is 0 Å². The van der Waals surface area contributed by atoms with Gasteiger partial charge in [-0.3, -0.25) is 4.79 Å². The third-order valence-corrected chi connectivity index (χ3v) is 11.6. The van der Waals surface area contributed by atoms with Crippen LogP contribution in [0.4, 0.5) is 0 Å². The quantitative estimate of drug-likeness (QED) is 0.291. The molecule has 3 nitrogen and oxygen atoms in total. The summed E-state index contributed by atoms with van der Waals surface area (Å²) in [5.74, 6) is 6.24. The topological polar surface area (TPSA) is 35.5 Å². The predicted molar refractivity (Wildman–Crippen MR) is 138 cm³/mol. The van der Waals surface area contributed by atoms with Gasteiger partial charge < -0.3 is 9.16 Å². The van der Waals surface area contributed by atoms with Crippen LogP contribution < -0.4 is 0 Å². The lowest BCUT2D eigenvalue weighted by molar-refractivity contribution is -0.141. The highest BCUT2D eigenvalue weighted by Crippen LogP contribution is 2.68. The van der Waals surface area contributed by atoms with Gasteiger partial charge in [0.25, 0.3) is 0 Å². The van der Waals surface area contributed by atoms with Crippen LogP contribution in [0.25, 0.3) is 0 Å². The van der Waals surface area contributed by atoms with Crippen LogP contribution in [0.15, 0.2) is 11.8 Å². The van der Waals surface area contributed by atoms with Crippen LogP contribution in [0.1, 0.15) is 85.5 Å². The number of esters is 1. The molecule has 0 bridgehead atoms. The van der Waals surface area contributed by atoms with E-state index in [9.17, 15) is 4.79 Å². The average molecular weight is 475 g/mol. The highest BCUT2D eigenvalue weighted by Gasteiger charge is 2.61. The molecule has 0 radical (unpaired) electrons. The van der Waals surface area contributed by atoms with Crippen molar-refractivity contribution in [3.63, 3.8) is 0 Å². The van der Waals surface area contributed by atoms with E-state index in [4.69, 9.17) is 9.16 Å². The molecule has 33 heavy (non-hydrogen) atoms. The summed E-state index contributed by atoms with van der Waals surface area (Å²) in [5, 5.41) is 0. The molecule has 4 heteroatoms. The molecule has 0 heterocycles. The molecule has 0 aliphatic heterocycles. The summed E-state index contributed by atoms with van der Waals surface area (Å²) in [6.07, 6.45) is 13.6. The van der Waals surface area contributed by atoms with Crippen LogP contribution in [0, 0.1) is 52.3 Å². The van der Waals surface area contributed by atoms with E-state index in [1.165, 1.54) is 57.8 Å². The molecule has 0 aromatic heterocycles. The number of ether oxygens (including phenoxy) is 1. The largest absolute Gasteiger partial charge is 0.547 e. The Morgan fingerprint density at radius 1 is 1.09 bits per heavy atom. The fourth-order valence-electron chi connectivity index (χ4n) is 8.95. The van der Waals surface area contributed by atoms with E-state index in [0.717, 1.165) is 24.2 Å². The average Bonchev–Trinajstić information content (AvgIpc) is 3.09. The number of rotatable bonds is 6. The van der Waals surface area contributed by atoms with Gasteiger partial charge in [0, 0.05) is 12.3 Å². The van der Waals surface area contributed by atoms with Crippen LogP contribution in [-0.2, 0) is 14.0 Å². The normalized spacial score (nSPS) is 43.6. The highest BCUT2D eigenvalue weighted by atomic mass is 28.4. The second kappa shape index (κ2) is 9.02. The predicted octanol–water partition coefficient (Wildman–Crippen LogP) is 7.83. The maximum atomic E-state index is 11.8. The molecule has 0 aromatic carbocycles. The zero-order chi connectivity index (χ0) is 24.2. The van der Waals surface area contributed by atoms with E-state index in [-0.39, 0.29) is 5.97 Å². The molecule has 3 saturated carbocycles. The summed E-state index contributed by atoms with van der Waals surface area (Å²) in [6, 6.07) is 0. The molecule has 4 rings (SSSR count). The molecule has 9 atom stereocenters. The fourth-order valence-corrected chi connectivity index (χ4v) is 9.86. The number of hydrogen-bond donors (Lipinski definition) is 0. The molecular formula is C29H50O3Si. The monoisotopic (exact) mass is 474 g/mol. The maximum Gasteiger partial charge on any atom is 0.305 e. The number of fused-ring (bicyclic) bond motifs is 5. The van der Waals surface area contributed by atoms with Gasteiger partial charge in [-0.05, 0) is 117 Å². The van der Waals surface area contributed by atoms with Crippen molar-refractivity contribution in [2.45, 2.75) is 105 Å². The number of methoxy groups -OCH3 is 1. The lowest BCUT2D eigenvalue weighted by Gasteiger charge is -2.60. The van der Waals surface area contributed by atoms with Crippen molar-refractivity contribution in [3.05, 3.63) is 11.8 Å². The summed E-state index contributed by atoms with van der Waals surface area (Å²) in [7, 11) is -0.165. The Labute approximate surface area is 204 Å². The minimum atomic E-state index is -1.68. The van der Waals surface area contributed by atoms with E-state index in [1.54, 1.807) is 0 Å². The number of carbonyl (C=O) groups excluding carboxylic acids is 1. The number of allylic oxidation sites excluding steroid dienone is 2. The van der Waals surface area contributed by atoms with Gasteiger partial charge in [-0.1, -0.05) is 34.1 Å². The Morgan fingerprint density at radius 3 is 2.42 bits per heavy atom. The van der Waals surface area contributed by atoms with Gasteiger partial charge in [0.05, 0.1) is 12.9 Å². The third kappa shape index (κ3) is 4.59. The molecule has 4 unspecified atom stereocenters. The molecule has 4 aliphatic carbocycles. The summed E-state index contributed by atoms with van der Waals surface area (Å²) in [4.78, 5) is 11.8. The van der Waals surface area contributed by atoms with Crippen molar-refractivity contribution >= 4 is 14.3 Å². The smallest absolute Gasteiger partial charge is 0.305 e. The van der Waals surface area contributed by atoms with Crippen molar-refractivity contribution in [2.75, 3.05) is 7.11 Å². The Kier molecular flexibility index (Phi) is 6.93. The van der Waals surface area contributed by atoms with Gasteiger partial charge in [0.1, 0.15) is 0 Å². The molecule has 0 saturated heterocycles. The van der Waals surface area contributed by atoms with Crippen molar-refractivity contribution in [2.24, 2.45) is 52.3 Å². The molecule has 0 amide bonds. The van der Waals surface area contributed by atoms with Gasteiger partial charge in [-0.2, -0.15) is 0 Å². The number of hydrogen-bond acceptors (Lipinski definition) is 3. The molecule has 0 spiro atoms. The lowest BCUT2D eigenvalue weighted by Crippen LogP contribution is -2.54. The van der Waals surface area contributed by atoms with Crippen molar-refractivity contribution in [1.82, 2.24) is 0 Å². The first-order chi connectivity index (χ1) is 15.4. The molecule has 4 aliphatic rings. The second-order valence-electron chi connectivity index (χ2n) is 13.8. The SMILES string of the molecule is COC(=O)CC[C@@H](C)[C@H]1CCC2C3C(O[Si](C)(C)C)=CC4C[C@H](C)CC[C@]4(C)C3CC[C@@]21C. The maximum absolute atomic E-state index is 11.8. The first-order valence-electron chi connectivity index (χ1n) is 13.9. The Balaban J connectivity index is 1.64. The summed E-state index contributed by atoms with van der Waals surface area (Å²) in [5.41, 5.74) is 0.809. The summed E-state index contributed by atoms with van der Waals surface area (Å²) < 4.78 is 11.9. The van der Waals surface area contributed by atoms with Crippen molar-refractivity contribution in [3.8, 4) is 0 Å². The first kappa shape index (κ1) is 25.3. The van der Waals surface area contributed by atoms with E-state index in [0.29, 0.717) is 40.9 Å². The summed E-state index contributed by atoms with van der Waals surface area (Å²) in [6.45, 7) is 17.1. The van der Waals surface area contributed by atoms with Gasteiger partial charge >= 0.3 is 5.97 Å². The molecule has 0 aromatic rings. The minimum absolute atomic E-state index is 0.0585. The van der Waals surface area contributed by atoms with Crippen LogP contribution in [-0.4, -0.2) is 21.4 Å².